The van der Waals surface area contributed by atoms with E-state index in [9.17, 15) is 4.79 Å². The second kappa shape index (κ2) is 6.45. The van der Waals surface area contributed by atoms with Crippen LogP contribution in [-0.2, 0) is 0 Å². The van der Waals surface area contributed by atoms with Crippen molar-refractivity contribution >= 4 is 22.5 Å². The molecule has 1 fully saturated rings. The van der Waals surface area contributed by atoms with Crippen LogP contribution in [0.15, 0.2) is 22.8 Å². The Balaban J connectivity index is 1.52. The van der Waals surface area contributed by atoms with E-state index in [2.05, 4.69) is 20.8 Å². The molecule has 2 amide bonds. The van der Waals surface area contributed by atoms with Crippen molar-refractivity contribution < 1.29 is 9.21 Å². The van der Waals surface area contributed by atoms with Crippen molar-refractivity contribution in [3.63, 3.8) is 0 Å². The first-order chi connectivity index (χ1) is 10.6. The molecule has 0 saturated heterocycles. The molecular formula is C14H19N5O2S. The van der Waals surface area contributed by atoms with E-state index in [1.54, 1.807) is 6.26 Å². The van der Waals surface area contributed by atoms with Gasteiger partial charge in [0, 0.05) is 12.5 Å². The van der Waals surface area contributed by atoms with Crippen molar-refractivity contribution in [1.29, 1.82) is 0 Å². The molecule has 0 radical (unpaired) electrons. The van der Waals surface area contributed by atoms with Crippen LogP contribution in [0.4, 0.5) is 9.93 Å². The third-order valence-electron chi connectivity index (χ3n) is 3.54. The maximum atomic E-state index is 12.0. The van der Waals surface area contributed by atoms with E-state index in [-0.39, 0.29) is 12.1 Å². The number of amides is 2. The van der Waals surface area contributed by atoms with Gasteiger partial charge in [0.25, 0.3) is 0 Å². The van der Waals surface area contributed by atoms with Crippen LogP contribution < -0.4 is 10.6 Å². The summed E-state index contributed by atoms with van der Waals surface area (Å²) in [5.41, 5.74) is 0. The van der Waals surface area contributed by atoms with Crippen LogP contribution in [0.25, 0.3) is 0 Å². The number of nitrogens with one attached hydrogen (secondary N) is 2. The summed E-state index contributed by atoms with van der Waals surface area (Å²) >= 11 is 1.45. The number of hydrogen-bond donors (Lipinski definition) is 2. The molecule has 1 atom stereocenters. The normalized spacial score (nSPS) is 15.8. The smallest absolute Gasteiger partial charge is 0.321 e. The topological polar surface area (TPSA) is 83.3 Å². The van der Waals surface area contributed by atoms with Gasteiger partial charge in [-0.2, -0.15) is 0 Å². The van der Waals surface area contributed by atoms with Crippen LogP contribution >= 0.6 is 11.3 Å². The van der Waals surface area contributed by atoms with Gasteiger partial charge in [-0.05, 0) is 39.1 Å². The molecule has 2 aromatic rings. The Morgan fingerprint density at radius 2 is 2.32 bits per heavy atom. The van der Waals surface area contributed by atoms with Gasteiger partial charge in [0.1, 0.15) is 10.8 Å². The van der Waals surface area contributed by atoms with E-state index in [1.807, 2.05) is 31.1 Å². The fourth-order valence-electron chi connectivity index (χ4n) is 2.13. The second-order valence-corrected chi connectivity index (χ2v) is 6.56. The lowest BCUT2D eigenvalue weighted by Gasteiger charge is -2.22. The van der Waals surface area contributed by atoms with Crippen LogP contribution in [0.5, 0.6) is 0 Å². The molecule has 1 saturated carbocycles. The summed E-state index contributed by atoms with van der Waals surface area (Å²) in [5.74, 6) is 1.37. The Bertz CT molecular complexity index is 621. The van der Waals surface area contributed by atoms with Gasteiger partial charge in [0.05, 0.1) is 12.3 Å². The third-order valence-corrected chi connectivity index (χ3v) is 4.54. The molecule has 2 aromatic heterocycles. The van der Waals surface area contributed by atoms with Crippen molar-refractivity contribution in [3.05, 3.63) is 29.2 Å². The lowest BCUT2D eigenvalue weighted by Crippen LogP contribution is -2.36. The molecule has 1 aliphatic rings. The van der Waals surface area contributed by atoms with Crippen LogP contribution in [0.3, 0.4) is 0 Å². The molecule has 22 heavy (non-hydrogen) atoms. The standard InChI is InChI=1S/C14H19N5O2S/c1-19(2)10(11-4-3-7-21-11)8-15-13(20)16-14-18-17-12(22-14)9-5-6-9/h3-4,7,9-10H,5-6,8H2,1-2H3,(H2,15,16,18,20). The Kier molecular flexibility index (Phi) is 4.39. The first kappa shape index (κ1) is 15.0. The van der Waals surface area contributed by atoms with Crippen molar-refractivity contribution in [2.75, 3.05) is 26.0 Å². The number of likely N-dealkylation sites (N-methyl/N-ethyl adjacent to an activating group) is 1. The minimum atomic E-state index is -0.281. The van der Waals surface area contributed by atoms with E-state index in [0.29, 0.717) is 17.6 Å². The Labute approximate surface area is 132 Å². The van der Waals surface area contributed by atoms with E-state index in [0.717, 1.165) is 10.8 Å². The minimum absolute atomic E-state index is 0.0165. The fraction of sp³-hybridized carbons (Fsp3) is 0.500. The Morgan fingerprint density at radius 1 is 1.50 bits per heavy atom. The minimum Gasteiger partial charge on any atom is -0.468 e. The van der Waals surface area contributed by atoms with E-state index in [1.165, 1.54) is 24.2 Å². The highest BCUT2D eigenvalue weighted by Gasteiger charge is 2.27. The van der Waals surface area contributed by atoms with Gasteiger partial charge in [-0.15, -0.1) is 10.2 Å². The molecule has 1 unspecified atom stereocenters. The molecule has 118 valence electrons. The summed E-state index contributed by atoms with van der Waals surface area (Å²) in [4.78, 5) is 14.0. The average molecular weight is 321 g/mol. The maximum Gasteiger partial charge on any atom is 0.321 e. The largest absolute Gasteiger partial charge is 0.468 e. The quantitative estimate of drug-likeness (QED) is 0.854. The monoisotopic (exact) mass is 321 g/mol. The molecule has 0 spiro atoms. The molecule has 2 N–H and O–H groups in total. The summed E-state index contributed by atoms with van der Waals surface area (Å²) in [6.45, 7) is 0.445. The van der Waals surface area contributed by atoms with Crippen molar-refractivity contribution in [1.82, 2.24) is 20.4 Å². The van der Waals surface area contributed by atoms with Gasteiger partial charge < -0.3 is 9.73 Å². The molecular weight excluding hydrogens is 302 g/mol. The predicted octanol–water partition coefficient (Wildman–Crippen LogP) is 2.43. The van der Waals surface area contributed by atoms with Gasteiger partial charge in [0.2, 0.25) is 5.13 Å². The summed E-state index contributed by atoms with van der Waals surface area (Å²) < 4.78 is 5.41. The number of aromatic nitrogens is 2. The van der Waals surface area contributed by atoms with Crippen molar-refractivity contribution in [3.8, 4) is 0 Å². The number of urea groups is 1. The summed E-state index contributed by atoms with van der Waals surface area (Å²) in [6.07, 6.45) is 3.98. The lowest BCUT2D eigenvalue weighted by molar-refractivity contribution is 0.233. The van der Waals surface area contributed by atoms with E-state index < -0.39 is 0 Å². The molecule has 0 aliphatic heterocycles. The molecule has 1 aliphatic carbocycles. The summed E-state index contributed by atoms with van der Waals surface area (Å²) in [7, 11) is 3.89. The number of carbonyl (C=O) groups is 1. The van der Waals surface area contributed by atoms with Crippen LogP contribution in [0.1, 0.15) is 35.6 Å². The third kappa shape index (κ3) is 3.63. The zero-order valence-corrected chi connectivity index (χ0v) is 13.4. The van der Waals surface area contributed by atoms with Crippen molar-refractivity contribution in [2.45, 2.75) is 24.8 Å². The van der Waals surface area contributed by atoms with Gasteiger partial charge in [-0.1, -0.05) is 11.3 Å². The fourth-order valence-corrected chi connectivity index (χ4v) is 3.04. The molecule has 7 nitrogen and oxygen atoms in total. The molecule has 8 heteroatoms. The highest BCUT2D eigenvalue weighted by Crippen LogP contribution is 2.41. The maximum absolute atomic E-state index is 12.0. The van der Waals surface area contributed by atoms with Crippen LogP contribution in [0.2, 0.25) is 0 Å². The highest BCUT2D eigenvalue weighted by molar-refractivity contribution is 7.15. The number of rotatable bonds is 6. The van der Waals surface area contributed by atoms with Gasteiger partial charge in [-0.25, -0.2) is 4.79 Å². The number of nitrogens with zero attached hydrogens (tertiary/aromatic N) is 3. The lowest BCUT2D eigenvalue weighted by atomic mass is 10.2. The average Bonchev–Trinajstić information content (AvgIpc) is 2.98. The molecule has 0 bridgehead atoms. The highest BCUT2D eigenvalue weighted by atomic mass is 32.1. The van der Waals surface area contributed by atoms with Gasteiger partial charge in [0.15, 0.2) is 0 Å². The van der Waals surface area contributed by atoms with Crippen LogP contribution in [-0.4, -0.2) is 41.8 Å². The summed E-state index contributed by atoms with van der Waals surface area (Å²) in [6, 6.07) is 3.44. The Hall–Kier alpha value is -1.93. The van der Waals surface area contributed by atoms with Gasteiger partial charge in [-0.3, -0.25) is 10.2 Å². The molecule has 3 rings (SSSR count). The number of furan rings is 1. The van der Waals surface area contributed by atoms with E-state index in [4.69, 9.17) is 4.42 Å². The van der Waals surface area contributed by atoms with E-state index >= 15 is 0 Å². The predicted molar refractivity (Wildman–Crippen MR) is 84.0 cm³/mol. The number of hydrogen-bond acceptors (Lipinski definition) is 6. The van der Waals surface area contributed by atoms with Crippen LogP contribution in [0, 0.1) is 0 Å². The Morgan fingerprint density at radius 3 is 2.95 bits per heavy atom. The zero-order valence-electron chi connectivity index (χ0n) is 12.6. The first-order valence-corrected chi connectivity index (χ1v) is 8.03. The number of carbonyl (C=O) groups excluding carboxylic acids is 1. The van der Waals surface area contributed by atoms with Crippen molar-refractivity contribution in [2.24, 2.45) is 0 Å². The number of anilines is 1. The zero-order chi connectivity index (χ0) is 15.5. The second-order valence-electron chi connectivity index (χ2n) is 5.55. The summed E-state index contributed by atoms with van der Waals surface area (Å²) in [5, 5.41) is 15.2. The SMILES string of the molecule is CN(C)C(CNC(=O)Nc1nnc(C2CC2)s1)c1ccco1. The van der Waals surface area contributed by atoms with Gasteiger partial charge >= 0.3 is 6.03 Å². The molecule has 0 aromatic carbocycles. The molecule has 2 heterocycles. The first-order valence-electron chi connectivity index (χ1n) is 7.21.